The van der Waals surface area contributed by atoms with Crippen LogP contribution in [0.5, 0.6) is 0 Å². The molecule has 0 aliphatic rings. The fourth-order valence-electron chi connectivity index (χ4n) is 6.97. The highest BCUT2D eigenvalue weighted by atomic mass is 15.0. The average Bonchev–Trinajstić information content (AvgIpc) is 3.40. The molecule has 0 spiro atoms. The van der Waals surface area contributed by atoms with Crippen molar-refractivity contribution in [2.45, 2.75) is 0 Å². The van der Waals surface area contributed by atoms with Crippen molar-refractivity contribution in [1.29, 1.82) is 0 Å². The van der Waals surface area contributed by atoms with Gasteiger partial charge in [0.15, 0.2) is 0 Å². The summed E-state index contributed by atoms with van der Waals surface area (Å²) in [5.41, 5.74) is 6.16. The van der Waals surface area contributed by atoms with Gasteiger partial charge < -0.3 is 4.57 Å². The van der Waals surface area contributed by atoms with Crippen LogP contribution in [-0.2, 0) is 0 Å². The first-order chi connectivity index (χ1) is 20.4. The van der Waals surface area contributed by atoms with Crippen LogP contribution >= 0.6 is 0 Å². The van der Waals surface area contributed by atoms with Gasteiger partial charge in [0, 0.05) is 27.2 Å². The lowest BCUT2D eigenvalue weighted by Gasteiger charge is -2.14. The summed E-state index contributed by atoms with van der Waals surface area (Å²) in [6.07, 6.45) is 0. The fraction of sp³-hybridized carbons (Fsp3) is 0. The summed E-state index contributed by atoms with van der Waals surface area (Å²) in [5, 5.41) is 12.9. The quantitative estimate of drug-likeness (QED) is 0.200. The van der Waals surface area contributed by atoms with Gasteiger partial charge in [0.2, 0.25) is 0 Å². The lowest BCUT2D eigenvalue weighted by atomic mass is 9.93. The molecule has 0 N–H and O–H groups in total. The maximum Gasteiger partial charge on any atom is 0.0626 e. The number of rotatable bonds is 2. The van der Waals surface area contributed by atoms with Gasteiger partial charge in [-0.3, -0.25) is 0 Å². The molecule has 0 radical (unpaired) electrons. The van der Waals surface area contributed by atoms with Crippen molar-refractivity contribution < 1.29 is 0 Å². The Morgan fingerprint density at radius 1 is 0.341 bits per heavy atom. The van der Waals surface area contributed by atoms with Gasteiger partial charge in [0.1, 0.15) is 0 Å². The molecule has 8 aromatic carbocycles. The Morgan fingerprint density at radius 3 is 1.76 bits per heavy atom. The van der Waals surface area contributed by atoms with Gasteiger partial charge in [0.25, 0.3) is 0 Å². The van der Waals surface area contributed by atoms with Crippen LogP contribution in [0.1, 0.15) is 0 Å². The van der Waals surface area contributed by atoms with Gasteiger partial charge in [-0.1, -0.05) is 133 Å². The summed E-state index contributed by atoms with van der Waals surface area (Å²) >= 11 is 0. The third-order valence-electron chi connectivity index (χ3n) is 8.75. The molecule has 0 saturated heterocycles. The number of para-hydroxylation sites is 1. The Hall–Kier alpha value is -5.40. The first-order valence-electron chi connectivity index (χ1n) is 14.2. The molecule has 190 valence electrons. The van der Waals surface area contributed by atoms with Crippen LogP contribution in [0, 0.1) is 0 Å². The van der Waals surface area contributed by atoms with E-state index in [9.17, 15) is 0 Å². The van der Waals surface area contributed by atoms with Gasteiger partial charge in [-0.2, -0.15) is 0 Å². The number of hydrogen-bond donors (Lipinski definition) is 0. The van der Waals surface area contributed by atoms with Gasteiger partial charge in [-0.25, -0.2) is 0 Å². The van der Waals surface area contributed by atoms with Crippen LogP contribution in [0.4, 0.5) is 0 Å². The molecule has 1 aromatic heterocycles. The van der Waals surface area contributed by atoms with Crippen molar-refractivity contribution in [1.82, 2.24) is 4.57 Å². The molecule has 9 rings (SSSR count). The number of fused-ring (bicyclic) bond motifs is 11. The monoisotopic (exact) mass is 519 g/mol. The Balaban J connectivity index is 1.41. The largest absolute Gasteiger partial charge is 0.309 e. The second kappa shape index (κ2) is 8.55. The summed E-state index contributed by atoms with van der Waals surface area (Å²) in [7, 11) is 0. The molecule has 1 nitrogen and oxygen atoms in total. The third kappa shape index (κ3) is 3.18. The number of hydrogen-bond acceptors (Lipinski definition) is 0. The van der Waals surface area contributed by atoms with Gasteiger partial charge >= 0.3 is 0 Å². The minimum absolute atomic E-state index is 1.17. The first-order valence-corrected chi connectivity index (χ1v) is 14.2. The Labute approximate surface area is 237 Å². The number of benzene rings is 8. The highest BCUT2D eigenvalue weighted by molar-refractivity contribution is 6.36. The van der Waals surface area contributed by atoms with E-state index in [1.165, 1.54) is 81.7 Å². The average molecular weight is 520 g/mol. The van der Waals surface area contributed by atoms with Crippen molar-refractivity contribution in [3.63, 3.8) is 0 Å². The zero-order chi connectivity index (χ0) is 26.9. The standard InChI is InChI=1S/C40H25N/c1-3-13-30-26(10-1)12-9-18-31(30)28-20-23-29(24-21-28)41-37-19-8-7-17-36(37)39-38-32-14-4-2-11-27(32)22-25-34(38)33-15-5-6-16-35(33)40(39)41/h1-25H. The molecular weight excluding hydrogens is 494 g/mol. The summed E-state index contributed by atoms with van der Waals surface area (Å²) < 4.78 is 2.47. The Kier molecular flexibility index (Phi) is 4.67. The van der Waals surface area contributed by atoms with Crippen LogP contribution in [0.15, 0.2) is 152 Å². The van der Waals surface area contributed by atoms with E-state index in [0.29, 0.717) is 0 Å². The molecule has 0 fully saturated rings. The lowest BCUT2D eigenvalue weighted by molar-refractivity contribution is 1.19. The second-order valence-electron chi connectivity index (χ2n) is 10.9. The smallest absolute Gasteiger partial charge is 0.0626 e. The van der Waals surface area contributed by atoms with Crippen molar-refractivity contribution in [2.24, 2.45) is 0 Å². The molecule has 0 atom stereocenters. The molecule has 1 heterocycles. The van der Waals surface area contributed by atoms with E-state index in [1.807, 2.05) is 0 Å². The predicted octanol–water partition coefficient (Wildman–Crippen LogP) is 11.1. The van der Waals surface area contributed by atoms with Crippen molar-refractivity contribution in [2.75, 3.05) is 0 Å². The van der Waals surface area contributed by atoms with E-state index in [0.717, 1.165) is 0 Å². The van der Waals surface area contributed by atoms with Crippen LogP contribution in [0.25, 0.3) is 81.7 Å². The van der Waals surface area contributed by atoms with E-state index < -0.39 is 0 Å². The first kappa shape index (κ1) is 22.4. The highest BCUT2D eigenvalue weighted by Crippen LogP contribution is 2.44. The van der Waals surface area contributed by atoms with Gasteiger partial charge in [-0.15, -0.1) is 0 Å². The number of nitrogens with zero attached hydrogens (tertiary/aromatic N) is 1. The normalized spacial score (nSPS) is 11.9. The minimum atomic E-state index is 1.17. The second-order valence-corrected chi connectivity index (χ2v) is 10.9. The summed E-state index contributed by atoms with van der Waals surface area (Å²) in [6, 6.07) is 55.4. The van der Waals surface area contributed by atoms with E-state index in [1.54, 1.807) is 0 Å². The molecule has 0 aliphatic heterocycles. The zero-order valence-corrected chi connectivity index (χ0v) is 22.4. The van der Waals surface area contributed by atoms with E-state index in [2.05, 4.69) is 156 Å². The maximum absolute atomic E-state index is 2.47. The summed E-state index contributed by atoms with van der Waals surface area (Å²) in [5.74, 6) is 0. The van der Waals surface area contributed by atoms with E-state index >= 15 is 0 Å². The van der Waals surface area contributed by atoms with Crippen LogP contribution in [0.3, 0.4) is 0 Å². The topological polar surface area (TPSA) is 4.93 Å². The van der Waals surface area contributed by atoms with Crippen molar-refractivity contribution in [3.8, 4) is 16.8 Å². The van der Waals surface area contributed by atoms with Crippen molar-refractivity contribution in [3.05, 3.63) is 152 Å². The highest BCUT2D eigenvalue weighted by Gasteiger charge is 2.20. The fourth-order valence-corrected chi connectivity index (χ4v) is 6.97. The zero-order valence-electron chi connectivity index (χ0n) is 22.4. The Morgan fingerprint density at radius 2 is 0.951 bits per heavy atom. The minimum Gasteiger partial charge on any atom is -0.309 e. The summed E-state index contributed by atoms with van der Waals surface area (Å²) in [4.78, 5) is 0. The lowest BCUT2D eigenvalue weighted by Crippen LogP contribution is -1.95. The molecule has 1 heteroatoms. The molecule has 0 amide bonds. The molecular formula is C40H25N. The predicted molar refractivity (Wildman–Crippen MR) is 176 cm³/mol. The van der Waals surface area contributed by atoms with Crippen LogP contribution in [-0.4, -0.2) is 4.57 Å². The van der Waals surface area contributed by atoms with E-state index in [4.69, 9.17) is 0 Å². The molecule has 9 aromatic rings. The van der Waals surface area contributed by atoms with E-state index in [-0.39, 0.29) is 0 Å². The van der Waals surface area contributed by atoms with Crippen molar-refractivity contribution >= 4 is 64.9 Å². The SMILES string of the molecule is c1ccc2c(-c3ccc(-n4c5ccccc5c5c6c7ccccc7ccc6c6ccccc6c54)cc3)cccc2c1. The molecule has 0 aliphatic carbocycles. The molecule has 0 bridgehead atoms. The molecule has 0 unspecified atom stereocenters. The maximum atomic E-state index is 2.47. The van der Waals surface area contributed by atoms with Gasteiger partial charge in [-0.05, 0) is 61.6 Å². The summed E-state index contributed by atoms with van der Waals surface area (Å²) in [6.45, 7) is 0. The molecule has 41 heavy (non-hydrogen) atoms. The number of aromatic nitrogens is 1. The Bertz CT molecular complexity index is 2450. The van der Waals surface area contributed by atoms with Crippen LogP contribution in [0.2, 0.25) is 0 Å². The van der Waals surface area contributed by atoms with Gasteiger partial charge in [0.05, 0.1) is 11.0 Å². The van der Waals surface area contributed by atoms with Crippen LogP contribution < -0.4 is 0 Å². The third-order valence-corrected chi connectivity index (χ3v) is 8.75. The molecule has 0 saturated carbocycles.